The van der Waals surface area contributed by atoms with E-state index in [1.54, 1.807) is 0 Å². The first-order valence-corrected chi connectivity index (χ1v) is 2.11. The Hall–Kier alpha value is 0.410. The zero-order valence-corrected chi connectivity index (χ0v) is 10.6. The molecule has 0 saturated heterocycles. The topological polar surface area (TPSA) is 118 Å². The minimum absolute atomic E-state index is 0. The van der Waals surface area contributed by atoms with Crippen LogP contribution in [0.15, 0.2) is 0 Å². The maximum atomic E-state index is 9.74. The Bertz CT molecular complexity index is 157. The quantitative estimate of drug-likeness (QED) is 0.350. The molecule has 56 valence electrons. The van der Waals surface area contributed by atoms with Gasteiger partial charge in [-0.15, -0.1) is 0 Å². The van der Waals surface area contributed by atoms with Gasteiger partial charge in [-0.25, -0.2) is 0 Å². The third-order valence-electron chi connectivity index (χ3n) is 0.718. The van der Waals surface area contributed by atoms with Crippen molar-refractivity contribution < 1.29 is 88.8 Å². The summed E-state index contributed by atoms with van der Waals surface area (Å²) in [5, 5.41) is 27.2. The summed E-state index contributed by atoms with van der Waals surface area (Å²) in [4.78, 5) is 29.1. The van der Waals surface area contributed by atoms with Gasteiger partial charge < -0.3 is 24.9 Å². The molecule has 0 bridgehead atoms. The molecule has 0 spiro atoms. The molecule has 0 unspecified atom stereocenters. The summed E-state index contributed by atoms with van der Waals surface area (Å²) >= 11 is 0. The van der Waals surface area contributed by atoms with Crippen LogP contribution in [0.4, 0.5) is 0 Å². The first-order chi connectivity index (χ1) is 4.46. The zero-order valence-electron chi connectivity index (χ0n) is 6.57. The van der Waals surface area contributed by atoms with Crippen LogP contribution in [-0.4, -0.2) is 23.0 Å². The second-order valence-electron chi connectivity index (χ2n) is 1.41. The van der Waals surface area contributed by atoms with E-state index in [1.807, 2.05) is 0 Å². The van der Waals surface area contributed by atoms with Gasteiger partial charge in [0, 0.05) is 0 Å². The fraction of sp³-hybridized carbons (Fsp3) is 0.250. The number of carbonyl (C=O) groups excluding carboxylic acids is 2. The van der Waals surface area contributed by atoms with Gasteiger partial charge in [-0.1, -0.05) is 0 Å². The third-order valence-corrected chi connectivity index (χ3v) is 0.718. The van der Waals surface area contributed by atoms with Gasteiger partial charge in [-0.05, 0) is 0 Å². The average Bonchev–Trinajstić information content (AvgIpc) is 1.59. The molecular weight excluding hydrogens is 190 g/mol. The van der Waals surface area contributed by atoms with Crippen molar-refractivity contribution in [1.29, 1.82) is 0 Å². The first kappa shape index (κ1) is 18.2. The average molecular weight is 192 g/mol. The number of carboxylic acids is 3. The van der Waals surface area contributed by atoms with Crippen molar-refractivity contribution in [2.75, 3.05) is 0 Å². The van der Waals surface area contributed by atoms with E-state index < -0.39 is 23.8 Å². The maximum Gasteiger partial charge on any atom is 1.00 e. The van der Waals surface area contributed by atoms with E-state index in [0.29, 0.717) is 0 Å². The van der Waals surface area contributed by atoms with Crippen molar-refractivity contribution >= 4 is 17.9 Å². The van der Waals surface area contributed by atoms with Crippen LogP contribution in [0.2, 0.25) is 0 Å². The van der Waals surface area contributed by atoms with E-state index in [4.69, 9.17) is 5.11 Å². The van der Waals surface area contributed by atoms with Gasteiger partial charge in [-0.3, -0.25) is 4.79 Å². The molecule has 12 heavy (non-hydrogen) atoms. The SMILES string of the molecule is O=C([O-])C(C(=O)[O-])C(=O)O.[Na+].[Na+]. The second-order valence-corrected chi connectivity index (χ2v) is 1.41. The summed E-state index contributed by atoms with van der Waals surface area (Å²) in [7, 11) is 0. The maximum absolute atomic E-state index is 9.74. The molecule has 1 N–H and O–H groups in total. The second kappa shape index (κ2) is 8.03. The predicted molar refractivity (Wildman–Crippen MR) is 21.1 cm³/mol. The standard InChI is InChI=1S/C4H4O6.2Na/c5-2(6)1(3(7)8)4(9)10;;/h1H,(H,5,6)(H,7,8)(H,9,10);;/q;2*+1/p-2. The van der Waals surface area contributed by atoms with Crippen LogP contribution in [0.5, 0.6) is 0 Å². The molecular formula is C4H2Na2O6. The summed E-state index contributed by atoms with van der Waals surface area (Å²) in [5.74, 6) is -8.96. The largest absolute Gasteiger partial charge is 1.00 e. The number of aliphatic carboxylic acids is 3. The third kappa shape index (κ3) is 5.99. The molecule has 0 aliphatic rings. The molecule has 0 amide bonds. The molecule has 6 nitrogen and oxygen atoms in total. The molecule has 8 heteroatoms. The van der Waals surface area contributed by atoms with Crippen LogP contribution < -0.4 is 69.3 Å². The smallest absolute Gasteiger partial charge is 0.549 e. The van der Waals surface area contributed by atoms with Crippen LogP contribution in [0.1, 0.15) is 0 Å². The Balaban J connectivity index is -0.000000405. The van der Waals surface area contributed by atoms with Crippen molar-refractivity contribution in [3.63, 3.8) is 0 Å². The first-order valence-electron chi connectivity index (χ1n) is 2.11. The van der Waals surface area contributed by atoms with Crippen LogP contribution >= 0.6 is 0 Å². The Morgan fingerprint density at radius 1 is 1.00 bits per heavy atom. The molecule has 0 aliphatic carbocycles. The van der Waals surface area contributed by atoms with E-state index in [1.165, 1.54) is 0 Å². The van der Waals surface area contributed by atoms with Crippen molar-refractivity contribution in [3.8, 4) is 0 Å². The van der Waals surface area contributed by atoms with Gasteiger partial charge in [0.25, 0.3) is 0 Å². The minimum atomic E-state index is -2.58. The van der Waals surface area contributed by atoms with E-state index in [0.717, 1.165) is 0 Å². The van der Waals surface area contributed by atoms with E-state index in [-0.39, 0.29) is 59.1 Å². The van der Waals surface area contributed by atoms with Crippen LogP contribution in [0, 0.1) is 5.92 Å². The fourth-order valence-electron chi connectivity index (χ4n) is 0.298. The number of hydrogen-bond acceptors (Lipinski definition) is 5. The van der Waals surface area contributed by atoms with Crippen molar-refractivity contribution in [3.05, 3.63) is 0 Å². The molecule has 0 rings (SSSR count). The van der Waals surface area contributed by atoms with Gasteiger partial charge in [0.15, 0.2) is 0 Å². The monoisotopic (exact) mass is 192 g/mol. The normalized spacial score (nSPS) is 7.75. The Morgan fingerprint density at radius 3 is 1.25 bits per heavy atom. The molecule has 0 saturated carbocycles. The Kier molecular flexibility index (Phi) is 12.2. The number of hydrogen-bond donors (Lipinski definition) is 1. The van der Waals surface area contributed by atoms with E-state index in [2.05, 4.69) is 0 Å². The predicted octanol–water partition coefficient (Wildman–Crippen LogP) is -9.81. The molecule has 0 aromatic rings. The molecule has 0 aromatic heterocycles. The molecule has 0 fully saturated rings. The van der Waals surface area contributed by atoms with Gasteiger partial charge >= 0.3 is 65.1 Å². The van der Waals surface area contributed by atoms with Crippen molar-refractivity contribution in [2.45, 2.75) is 0 Å². The van der Waals surface area contributed by atoms with Crippen molar-refractivity contribution in [2.24, 2.45) is 5.92 Å². The van der Waals surface area contributed by atoms with Crippen LogP contribution in [-0.2, 0) is 14.4 Å². The Morgan fingerprint density at radius 2 is 1.25 bits per heavy atom. The van der Waals surface area contributed by atoms with Crippen molar-refractivity contribution in [1.82, 2.24) is 0 Å². The minimum Gasteiger partial charge on any atom is -0.549 e. The summed E-state index contributed by atoms with van der Waals surface area (Å²) in [6.45, 7) is 0. The summed E-state index contributed by atoms with van der Waals surface area (Å²) < 4.78 is 0. The van der Waals surface area contributed by atoms with Gasteiger partial charge in [-0.2, -0.15) is 0 Å². The van der Waals surface area contributed by atoms with Crippen LogP contribution in [0.3, 0.4) is 0 Å². The summed E-state index contributed by atoms with van der Waals surface area (Å²) in [5.41, 5.74) is 0. The van der Waals surface area contributed by atoms with Crippen LogP contribution in [0.25, 0.3) is 0 Å². The molecule has 0 atom stereocenters. The fourth-order valence-corrected chi connectivity index (χ4v) is 0.298. The molecule has 0 aliphatic heterocycles. The number of carboxylic acid groups (broad SMARTS) is 3. The number of carbonyl (C=O) groups is 3. The molecule has 0 heterocycles. The number of rotatable bonds is 3. The zero-order chi connectivity index (χ0) is 8.31. The van der Waals surface area contributed by atoms with Gasteiger partial charge in [0.2, 0.25) is 0 Å². The van der Waals surface area contributed by atoms with Gasteiger partial charge in [0.05, 0.1) is 11.9 Å². The Labute approximate surface area is 112 Å². The van der Waals surface area contributed by atoms with E-state index in [9.17, 15) is 24.6 Å². The summed E-state index contributed by atoms with van der Waals surface area (Å²) in [6, 6.07) is 0. The summed E-state index contributed by atoms with van der Waals surface area (Å²) in [6.07, 6.45) is 0. The van der Waals surface area contributed by atoms with Gasteiger partial charge in [0.1, 0.15) is 5.92 Å². The molecule has 0 aromatic carbocycles. The molecule has 0 radical (unpaired) electrons. The van der Waals surface area contributed by atoms with E-state index >= 15 is 0 Å².